The smallest absolute Gasteiger partial charge is 0.338 e. The van der Waals surface area contributed by atoms with Crippen molar-refractivity contribution in [3.05, 3.63) is 42.1 Å². The van der Waals surface area contributed by atoms with Crippen LogP contribution in [0.3, 0.4) is 0 Å². The number of anilines is 1. The molecule has 0 fully saturated rings. The van der Waals surface area contributed by atoms with Gasteiger partial charge in [0.1, 0.15) is 5.52 Å². The maximum absolute atomic E-state index is 12.1. The third kappa shape index (κ3) is 2.24. The predicted molar refractivity (Wildman–Crippen MR) is 90.0 cm³/mol. The summed E-state index contributed by atoms with van der Waals surface area (Å²) in [7, 11) is 1.58. The molecule has 7 nitrogen and oxygen atoms in total. The Hall–Kier alpha value is -2.83. The van der Waals surface area contributed by atoms with E-state index >= 15 is 0 Å². The molecule has 0 bridgehead atoms. The fourth-order valence-electron chi connectivity index (χ4n) is 3.38. The number of amides is 2. The van der Waals surface area contributed by atoms with E-state index in [0.717, 1.165) is 36.2 Å². The van der Waals surface area contributed by atoms with Crippen LogP contribution in [0.1, 0.15) is 19.3 Å². The second kappa shape index (κ2) is 5.67. The fraction of sp³-hybridized carbons (Fsp3) is 0.294. The molecule has 0 aromatic carbocycles. The van der Waals surface area contributed by atoms with Crippen molar-refractivity contribution >= 4 is 22.8 Å². The fourth-order valence-corrected chi connectivity index (χ4v) is 3.38. The van der Waals surface area contributed by atoms with Gasteiger partial charge in [-0.3, -0.25) is 9.99 Å². The number of carbonyl (C=O) groups excluding carboxylic acids is 1. The summed E-state index contributed by atoms with van der Waals surface area (Å²) in [5.74, 6) is 0.507. The van der Waals surface area contributed by atoms with Crippen LogP contribution in [0, 0.1) is 6.42 Å². The van der Waals surface area contributed by atoms with Gasteiger partial charge in [-0.05, 0) is 43.4 Å². The number of hydrogen-bond acceptors (Lipinski definition) is 5. The normalized spacial score (nSPS) is 17.4. The van der Waals surface area contributed by atoms with E-state index in [1.54, 1.807) is 24.4 Å². The van der Waals surface area contributed by atoms with Gasteiger partial charge in [0.05, 0.1) is 24.9 Å². The second-order valence-corrected chi connectivity index (χ2v) is 5.84. The molecule has 1 aliphatic carbocycles. The van der Waals surface area contributed by atoms with Crippen LogP contribution in [0.2, 0.25) is 0 Å². The van der Waals surface area contributed by atoms with Gasteiger partial charge in [0, 0.05) is 18.0 Å². The lowest BCUT2D eigenvalue weighted by molar-refractivity contribution is 0.219. The average Bonchev–Trinajstić information content (AvgIpc) is 3.00. The molecule has 24 heavy (non-hydrogen) atoms. The van der Waals surface area contributed by atoms with Crippen LogP contribution in [0.5, 0.6) is 5.88 Å². The minimum Gasteiger partial charge on any atom is -0.481 e. The highest BCUT2D eigenvalue weighted by Crippen LogP contribution is 2.38. The van der Waals surface area contributed by atoms with Gasteiger partial charge in [-0.25, -0.2) is 14.8 Å². The molecule has 1 radical (unpaired) electrons. The number of aromatic nitrogens is 2. The number of carbonyl (C=O) groups is 1. The summed E-state index contributed by atoms with van der Waals surface area (Å²) in [5, 5.41) is 3.47. The van der Waals surface area contributed by atoms with Gasteiger partial charge >= 0.3 is 6.03 Å². The summed E-state index contributed by atoms with van der Waals surface area (Å²) < 4.78 is 5.23. The third-order valence-electron chi connectivity index (χ3n) is 4.45. The number of nitrogens with two attached hydrogens (primary N) is 1. The Kier molecular flexibility index (Phi) is 3.48. The van der Waals surface area contributed by atoms with Gasteiger partial charge in [-0.15, -0.1) is 0 Å². The van der Waals surface area contributed by atoms with E-state index in [0.29, 0.717) is 17.9 Å². The molecule has 0 atom stereocenters. The lowest BCUT2D eigenvalue weighted by Crippen LogP contribution is -2.45. The molecule has 2 aromatic rings. The predicted octanol–water partition coefficient (Wildman–Crippen LogP) is 2.40. The lowest BCUT2D eigenvalue weighted by Gasteiger charge is -2.31. The molecule has 123 valence electrons. The summed E-state index contributed by atoms with van der Waals surface area (Å²) in [6, 6.07) is 5.01. The van der Waals surface area contributed by atoms with Crippen molar-refractivity contribution < 1.29 is 9.53 Å². The van der Waals surface area contributed by atoms with Crippen molar-refractivity contribution in [2.45, 2.75) is 19.3 Å². The maximum Gasteiger partial charge on any atom is 0.338 e. The quantitative estimate of drug-likeness (QED) is 0.917. The SMILES string of the molecule is COc1ccc2nccc(N3CC4=C(CC[CH]C4)N3C(N)=O)c2n1. The summed E-state index contributed by atoms with van der Waals surface area (Å²) >= 11 is 0. The van der Waals surface area contributed by atoms with Crippen LogP contribution in [0.15, 0.2) is 35.7 Å². The van der Waals surface area contributed by atoms with Crippen LogP contribution < -0.4 is 15.5 Å². The number of methoxy groups -OCH3 is 1. The molecular formula is C17H18N5O2. The van der Waals surface area contributed by atoms with Crippen LogP contribution in [0.4, 0.5) is 10.5 Å². The van der Waals surface area contributed by atoms with Crippen LogP contribution in [-0.4, -0.2) is 34.7 Å². The van der Waals surface area contributed by atoms with E-state index in [4.69, 9.17) is 10.5 Å². The number of fused-ring (bicyclic) bond motifs is 1. The first-order valence-electron chi connectivity index (χ1n) is 7.88. The summed E-state index contributed by atoms with van der Waals surface area (Å²) in [5.41, 5.74) is 10.1. The van der Waals surface area contributed by atoms with E-state index in [1.165, 1.54) is 5.57 Å². The zero-order valence-corrected chi connectivity index (χ0v) is 13.4. The molecule has 2 aliphatic rings. The van der Waals surface area contributed by atoms with Gasteiger partial charge in [-0.1, -0.05) is 0 Å². The van der Waals surface area contributed by atoms with E-state index in [2.05, 4.69) is 16.4 Å². The van der Waals surface area contributed by atoms with E-state index in [-0.39, 0.29) is 0 Å². The van der Waals surface area contributed by atoms with Crippen molar-refractivity contribution in [3.63, 3.8) is 0 Å². The highest BCUT2D eigenvalue weighted by Gasteiger charge is 2.35. The Morgan fingerprint density at radius 2 is 2.21 bits per heavy atom. The van der Waals surface area contributed by atoms with E-state index < -0.39 is 6.03 Å². The number of rotatable bonds is 2. The van der Waals surface area contributed by atoms with Gasteiger partial charge < -0.3 is 10.5 Å². The number of hydrogen-bond donors (Lipinski definition) is 1. The standard InChI is InChI=1S/C17H18N5O2/c1-24-15-7-6-12-16(20-15)14(8-9-19-12)21-10-11-4-2-3-5-13(11)22(21)17(18)23/h2,6-9H,3-5,10H2,1H3,(H2,18,23). The van der Waals surface area contributed by atoms with Gasteiger partial charge in [-0.2, -0.15) is 0 Å². The van der Waals surface area contributed by atoms with Crippen molar-refractivity contribution in [1.29, 1.82) is 0 Å². The molecule has 3 heterocycles. The van der Waals surface area contributed by atoms with Gasteiger partial charge in [0.25, 0.3) is 0 Å². The molecule has 4 rings (SSSR count). The summed E-state index contributed by atoms with van der Waals surface area (Å²) in [6.07, 6.45) is 6.63. The number of ether oxygens (including phenoxy) is 1. The molecule has 2 amide bonds. The first-order chi connectivity index (χ1) is 11.7. The number of nitrogens with zero attached hydrogens (tertiary/aromatic N) is 4. The number of allylic oxidation sites excluding steroid dienone is 1. The average molecular weight is 324 g/mol. The third-order valence-corrected chi connectivity index (χ3v) is 4.45. The highest BCUT2D eigenvalue weighted by atomic mass is 16.5. The van der Waals surface area contributed by atoms with E-state index in [1.807, 2.05) is 17.1 Å². The molecule has 0 saturated carbocycles. The highest BCUT2D eigenvalue weighted by molar-refractivity contribution is 5.90. The van der Waals surface area contributed by atoms with Crippen LogP contribution in [-0.2, 0) is 0 Å². The molecule has 0 spiro atoms. The summed E-state index contributed by atoms with van der Waals surface area (Å²) in [4.78, 5) is 21.0. The Morgan fingerprint density at radius 1 is 1.33 bits per heavy atom. The van der Waals surface area contributed by atoms with Crippen molar-refractivity contribution in [1.82, 2.24) is 15.0 Å². The Morgan fingerprint density at radius 3 is 3.00 bits per heavy atom. The largest absolute Gasteiger partial charge is 0.481 e. The number of urea groups is 1. The molecule has 0 saturated heterocycles. The second-order valence-electron chi connectivity index (χ2n) is 5.84. The first-order valence-corrected chi connectivity index (χ1v) is 7.88. The zero-order valence-electron chi connectivity index (χ0n) is 13.4. The first kappa shape index (κ1) is 14.7. The molecule has 1 aliphatic heterocycles. The Labute approximate surface area is 139 Å². The Balaban J connectivity index is 1.83. The molecule has 7 heteroatoms. The monoisotopic (exact) mass is 324 g/mol. The lowest BCUT2D eigenvalue weighted by atomic mass is 9.97. The number of primary amides is 1. The number of pyridine rings is 2. The zero-order chi connectivity index (χ0) is 16.7. The van der Waals surface area contributed by atoms with Crippen LogP contribution >= 0.6 is 0 Å². The molecule has 2 N–H and O–H groups in total. The van der Waals surface area contributed by atoms with Crippen molar-refractivity contribution in [2.75, 3.05) is 18.7 Å². The van der Waals surface area contributed by atoms with Crippen molar-refractivity contribution in [3.8, 4) is 5.88 Å². The minimum absolute atomic E-state index is 0.477. The van der Waals surface area contributed by atoms with Crippen molar-refractivity contribution in [2.24, 2.45) is 5.73 Å². The Bertz CT molecular complexity index is 848. The summed E-state index contributed by atoms with van der Waals surface area (Å²) in [6.45, 7) is 0.632. The maximum atomic E-state index is 12.1. The van der Waals surface area contributed by atoms with E-state index in [9.17, 15) is 4.79 Å². The van der Waals surface area contributed by atoms with Gasteiger partial charge in [0.2, 0.25) is 5.88 Å². The number of hydrazine groups is 1. The van der Waals surface area contributed by atoms with Crippen LogP contribution in [0.25, 0.3) is 11.0 Å². The molecule has 2 aromatic heterocycles. The molecular weight excluding hydrogens is 306 g/mol. The topological polar surface area (TPSA) is 84.6 Å². The minimum atomic E-state index is -0.477. The van der Waals surface area contributed by atoms with Gasteiger partial charge in [0.15, 0.2) is 0 Å². The molecule has 0 unspecified atom stereocenters.